The Morgan fingerprint density at radius 1 is 1.82 bits per heavy atom. The molecular formula is C5H9N5O. The van der Waals surface area contributed by atoms with Gasteiger partial charge in [0.2, 0.25) is 0 Å². The Bertz CT molecular complexity index is 278. The molecule has 6 heteroatoms. The highest BCUT2D eigenvalue weighted by atomic mass is 16.2. The largest absolute Gasteiger partial charge is 0.396 e. The van der Waals surface area contributed by atoms with Gasteiger partial charge in [0, 0.05) is 13.2 Å². The maximum absolute atomic E-state index is 10.9. The normalized spacial score (nSPS) is 9.64. The van der Waals surface area contributed by atoms with Crippen LogP contribution >= 0.6 is 0 Å². The first-order valence-electron chi connectivity index (χ1n) is 2.95. The summed E-state index contributed by atoms with van der Waals surface area (Å²) in [6.45, 7) is 0. The molecule has 0 atom stereocenters. The minimum absolute atomic E-state index is 0.148. The first kappa shape index (κ1) is 7.55. The number of nitrogens with two attached hydrogens (primary N) is 2. The predicted molar refractivity (Wildman–Crippen MR) is 39.3 cm³/mol. The Hall–Kier alpha value is -1.56. The molecule has 1 aromatic rings. The first-order chi connectivity index (χ1) is 5.15. The summed E-state index contributed by atoms with van der Waals surface area (Å²) in [5, 5.41) is 3.78. The molecule has 1 rings (SSSR count). The molecule has 0 radical (unpaired) electrons. The Kier molecular flexibility index (Phi) is 1.77. The van der Waals surface area contributed by atoms with E-state index in [4.69, 9.17) is 11.6 Å². The van der Waals surface area contributed by atoms with Crippen LogP contribution in [-0.2, 0) is 7.05 Å². The lowest BCUT2D eigenvalue weighted by atomic mass is 10.4. The third kappa shape index (κ3) is 1.30. The van der Waals surface area contributed by atoms with Crippen LogP contribution < -0.4 is 17.0 Å². The molecule has 0 saturated heterocycles. The van der Waals surface area contributed by atoms with Gasteiger partial charge in [0.05, 0.1) is 5.69 Å². The molecule has 5 N–H and O–H groups in total. The van der Waals surface area contributed by atoms with Gasteiger partial charge in [0.15, 0.2) is 5.69 Å². The van der Waals surface area contributed by atoms with Crippen LogP contribution in [0.2, 0.25) is 0 Å². The van der Waals surface area contributed by atoms with E-state index >= 15 is 0 Å². The Labute approximate surface area is 63.1 Å². The molecule has 1 amide bonds. The van der Waals surface area contributed by atoms with Gasteiger partial charge in [0.1, 0.15) is 0 Å². The van der Waals surface area contributed by atoms with E-state index in [2.05, 4.69) is 5.10 Å². The molecular weight excluding hydrogens is 146 g/mol. The summed E-state index contributed by atoms with van der Waals surface area (Å²) in [5.74, 6) is 4.39. The lowest BCUT2D eigenvalue weighted by molar-refractivity contribution is 0.0949. The van der Waals surface area contributed by atoms with Crippen molar-refractivity contribution in [3.05, 3.63) is 11.9 Å². The van der Waals surface area contributed by atoms with Crippen molar-refractivity contribution in [2.45, 2.75) is 0 Å². The molecule has 0 fully saturated rings. The maximum Gasteiger partial charge on any atom is 0.287 e. The zero-order valence-electron chi connectivity index (χ0n) is 6.03. The quantitative estimate of drug-likeness (QED) is 0.264. The zero-order valence-corrected chi connectivity index (χ0v) is 6.03. The number of hydrogen-bond donors (Lipinski definition) is 3. The standard InChI is InChI=1S/C5H9N5O/c1-10-2-3(6)4(9-10)5(11)8-7/h2H,6-7H2,1H3,(H,8,11). The summed E-state index contributed by atoms with van der Waals surface area (Å²) in [7, 11) is 1.67. The average molecular weight is 155 g/mol. The highest BCUT2D eigenvalue weighted by Gasteiger charge is 2.11. The topological polar surface area (TPSA) is 99.0 Å². The van der Waals surface area contributed by atoms with Crippen molar-refractivity contribution in [1.29, 1.82) is 0 Å². The summed E-state index contributed by atoms with van der Waals surface area (Å²) in [6, 6.07) is 0. The SMILES string of the molecule is Cn1cc(N)c(C(=O)NN)n1. The van der Waals surface area contributed by atoms with E-state index in [1.54, 1.807) is 7.05 Å². The van der Waals surface area contributed by atoms with Crippen LogP contribution in [-0.4, -0.2) is 15.7 Å². The smallest absolute Gasteiger partial charge is 0.287 e. The number of hydrazine groups is 1. The van der Waals surface area contributed by atoms with Crippen LogP contribution in [0.4, 0.5) is 5.69 Å². The molecule has 60 valence electrons. The number of carbonyl (C=O) groups excluding carboxylic acids is 1. The van der Waals surface area contributed by atoms with Crippen molar-refractivity contribution in [2.75, 3.05) is 5.73 Å². The molecule has 0 aliphatic heterocycles. The van der Waals surface area contributed by atoms with Crippen LogP contribution in [0.1, 0.15) is 10.5 Å². The molecule has 0 bridgehead atoms. The lowest BCUT2D eigenvalue weighted by Crippen LogP contribution is -2.30. The Morgan fingerprint density at radius 3 is 2.82 bits per heavy atom. The average Bonchev–Trinajstić information content (AvgIpc) is 2.28. The van der Waals surface area contributed by atoms with Gasteiger partial charge in [-0.1, -0.05) is 0 Å². The number of hydrogen-bond acceptors (Lipinski definition) is 4. The van der Waals surface area contributed by atoms with Crippen LogP contribution in [0.25, 0.3) is 0 Å². The second-order valence-electron chi connectivity index (χ2n) is 2.08. The fraction of sp³-hybridized carbons (Fsp3) is 0.200. The van der Waals surface area contributed by atoms with Gasteiger partial charge in [-0.2, -0.15) is 5.10 Å². The number of carbonyl (C=O) groups is 1. The van der Waals surface area contributed by atoms with Crippen molar-refractivity contribution in [3.63, 3.8) is 0 Å². The van der Waals surface area contributed by atoms with Gasteiger partial charge >= 0.3 is 0 Å². The number of anilines is 1. The molecule has 0 unspecified atom stereocenters. The molecule has 0 saturated carbocycles. The molecule has 6 nitrogen and oxygen atoms in total. The van der Waals surface area contributed by atoms with E-state index in [-0.39, 0.29) is 5.69 Å². The number of rotatable bonds is 1. The van der Waals surface area contributed by atoms with Gasteiger partial charge < -0.3 is 5.73 Å². The Balaban J connectivity index is 3.03. The fourth-order valence-corrected chi connectivity index (χ4v) is 0.752. The van der Waals surface area contributed by atoms with Crippen molar-refractivity contribution in [1.82, 2.24) is 15.2 Å². The number of nitrogens with zero attached hydrogens (tertiary/aromatic N) is 2. The molecule has 0 aromatic carbocycles. The van der Waals surface area contributed by atoms with E-state index in [9.17, 15) is 4.79 Å². The number of amides is 1. The van der Waals surface area contributed by atoms with Crippen molar-refractivity contribution in [2.24, 2.45) is 12.9 Å². The molecule has 0 spiro atoms. The summed E-state index contributed by atoms with van der Waals surface area (Å²) < 4.78 is 1.44. The molecule has 1 aromatic heterocycles. The van der Waals surface area contributed by atoms with Crippen LogP contribution in [0.3, 0.4) is 0 Å². The van der Waals surface area contributed by atoms with Gasteiger partial charge in [0.25, 0.3) is 5.91 Å². The van der Waals surface area contributed by atoms with E-state index < -0.39 is 5.91 Å². The van der Waals surface area contributed by atoms with E-state index in [1.165, 1.54) is 10.9 Å². The van der Waals surface area contributed by atoms with E-state index in [0.717, 1.165) is 0 Å². The minimum Gasteiger partial charge on any atom is -0.396 e. The number of nitrogens with one attached hydrogen (secondary N) is 1. The third-order valence-corrected chi connectivity index (χ3v) is 1.20. The maximum atomic E-state index is 10.9. The summed E-state index contributed by atoms with van der Waals surface area (Å²) >= 11 is 0. The highest BCUT2D eigenvalue weighted by molar-refractivity contribution is 5.96. The molecule has 11 heavy (non-hydrogen) atoms. The van der Waals surface area contributed by atoms with Gasteiger partial charge in [-0.15, -0.1) is 0 Å². The molecule has 0 aliphatic carbocycles. The summed E-state index contributed by atoms with van der Waals surface area (Å²) in [5.41, 5.74) is 7.82. The summed E-state index contributed by atoms with van der Waals surface area (Å²) in [4.78, 5) is 10.9. The van der Waals surface area contributed by atoms with Gasteiger partial charge in [-0.3, -0.25) is 14.9 Å². The monoisotopic (exact) mass is 155 g/mol. The van der Waals surface area contributed by atoms with Crippen molar-refractivity contribution in [3.8, 4) is 0 Å². The summed E-state index contributed by atoms with van der Waals surface area (Å²) in [6.07, 6.45) is 1.53. The third-order valence-electron chi connectivity index (χ3n) is 1.20. The number of aryl methyl sites for hydroxylation is 1. The minimum atomic E-state index is -0.483. The van der Waals surface area contributed by atoms with Crippen LogP contribution in [0, 0.1) is 0 Å². The van der Waals surface area contributed by atoms with Gasteiger partial charge in [-0.25, -0.2) is 5.84 Å². The fourth-order valence-electron chi connectivity index (χ4n) is 0.752. The predicted octanol–water partition coefficient (Wildman–Crippen LogP) is -1.39. The number of aromatic nitrogens is 2. The van der Waals surface area contributed by atoms with Crippen molar-refractivity contribution < 1.29 is 4.79 Å². The molecule has 1 heterocycles. The Morgan fingerprint density at radius 2 is 2.45 bits per heavy atom. The zero-order chi connectivity index (χ0) is 8.43. The number of nitrogen functional groups attached to an aromatic ring is 2. The van der Waals surface area contributed by atoms with Gasteiger partial charge in [-0.05, 0) is 0 Å². The molecule has 0 aliphatic rings. The highest BCUT2D eigenvalue weighted by Crippen LogP contribution is 2.06. The first-order valence-corrected chi connectivity index (χ1v) is 2.95. The van der Waals surface area contributed by atoms with E-state index in [0.29, 0.717) is 5.69 Å². The van der Waals surface area contributed by atoms with Crippen LogP contribution in [0.5, 0.6) is 0 Å². The van der Waals surface area contributed by atoms with E-state index in [1.807, 2.05) is 5.43 Å². The second kappa shape index (κ2) is 2.59. The van der Waals surface area contributed by atoms with Crippen molar-refractivity contribution >= 4 is 11.6 Å². The van der Waals surface area contributed by atoms with Crippen LogP contribution in [0.15, 0.2) is 6.20 Å². The lowest BCUT2D eigenvalue weighted by Gasteiger charge is -1.93. The second-order valence-corrected chi connectivity index (χ2v) is 2.08.